The lowest BCUT2D eigenvalue weighted by Crippen LogP contribution is -2.53. The Morgan fingerprint density at radius 3 is 2.03 bits per heavy atom. The summed E-state index contributed by atoms with van der Waals surface area (Å²) < 4.78 is 28.6. The third-order valence-corrected chi connectivity index (χ3v) is 8.41. The number of anilines is 1. The smallest absolute Gasteiger partial charge is 0.264 e. The molecule has 0 radical (unpaired) electrons. The molecule has 0 bridgehead atoms. The lowest BCUT2D eigenvalue weighted by atomic mass is 10.1. The maximum Gasteiger partial charge on any atom is 0.264 e. The van der Waals surface area contributed by atoms with Gasteiger partial charge in [0.25, 0.3) is 10.0 Å². The van der Waals surface area contributed by atoms with Crippen LogP contribution >= 0.6 is 11.6 Å². The van der Waals surface area contributed by atoms with E-state index in [9.17, 15) is 18.0 Å². The zero-order valence-corrected chi connectivity index (χ0v) is 23.5. The number of rotatable bonds is 12. The number of carbonyl (C=O) groups is 2. The molecular formula is C29H34ClN3O4S. The van der Waals surface area contributed by atoms with Crippen molar-refractivity contribution in [3.63, 3.8) is 0 Å². The molecule has 7 nitrogen and oxygen atoms in total. The van der Waals surface area contributed by atoms with Crippen molar-refractivity contribution in [3.05, 3.63) is 95.5 Å². The monoisotopic (exact) mass is 555 g/mol. The lowest BCUT2D eigenvalue weighted by molar-refractivity contribution is -0.140. The molecule has 0 aromatic heterocycles. The molecule has 0 aliphatic carbocycles. The number of carbonyl (C=O) groups excluding carboxylic acids is 2. The highest BCUT2D eigenvalue weighted by Gasteiger charge is 2.34. The molecule has 38 heavy (non-hydrogen) atoms. The third kappa shape index (κ3) is 7.14. The van der Waals surface area contributed by atoms with E-state index >= 15 is 0 Å². The zero-order chi connectivity index (χ0) is 27.7. The molecule has 0 unspecified atom stereocenters. The second-order valence-electron chi connectivity index (χ2n) is 9.03. The molecule has 3 aromatic carbocycles. The SMILES string of the molecule is CC[C@@H](C)NC(=O)[C@@H](CC)N(Cc1ccccc1)C(=O)CN(c1ccccc1Cl)S(=O)(=O)c1ccccc1. The number of halogens is 1. The number of benzene rings is 3. The Bertz CT molecular complexity index is 1320. The van der Waals surface area contributed by atoms with Gasteiger partial charge in [-0.15, -0.1) is 0 Å². The van der Waals surface area contributed by atoms with Crippen molar-refractivity contribution < 1.29 is 18.0 Å². The van der Waals surface area contributed by atoms with Gasteiger partial charge in [0.05, 0.1) is 15.6 Å². The number of sulfonamides is 1. The van der Waals surface area contributed by atoms with Crippen LogP contribution < -0.4 is 9.62 Å². The van der Waals surface area contributed by atoms with Gasteiger partial charge < -0.3 is 10.2 Å². The predicted molar refractivity (Wildman–Crippen MR) is 151 cm³/mol. The summed E-state index contributed by atoms with van der Waals surface area (Å²) in [6.45, 7) is 5.32. The van der Waals surface area contributed by atoms with Crippen molar-refractivity contribution in [1.29, 1.82) is 0 Å². The minimum absolute atomic E-state index is 0.0314. The first-order valence-corrected chi connectivity index (χ1v) is 14.5. The molecule has 202 valence electrons. The van der Waals surface area contributed by atoms with Gasteiger partial charge in [0.2, 0.25) is 11.8 Å². The number of nitrogens with zero attached hydrogens (tertiary/aromatic N) is 2. The van der Waals surface area contributed by atoms with Crippen molar-refractivity contribution in [3.8, 4) is 0 Å². The standard InChI is InChI=1S/C29H34ClN3O4S/c1-4-22(3)31-29(35)26(5-2)32(20-23-14-8-6-9-15-23)28(34)21-33(27-19-13-12-18-25(27)30)38(36,37)24-16-10-7-11-17-24/h6-19,22,26H,4-5,20-21H2,1-3H3,(H,31,35)/t22-,26-/m1/s1. The number of para-hydroxylation sites is 1. The van der Waals surface area contributed by atoms with Gasteiger partial charge >= 0.3 is 0 Å². The van der Waals surface area contributed by atoms with E-state index in [4.69, 9.17) is 11.6 Å². The Morgan fingerprint density at radius 1 is 0.868 bits per heavy atom. The van der Waals surface area contributed by atoms with Crippen LogP contribution in [0.4, 0.5) is 5.69 Å². The Kier molecular flexibility index (Phi) is 10.3. The van der Waals surface area contributed by atoms with Crippen molar-refractivity contribution in [2.24, 2.45) is 0 Å². The molecule has 3 rings (SSSR count). The number of hydrogen-bond donors (Lipinski definition) is 1. The largest absolute Gasteiger partial charge is 0.352 e. The van der Waals surface area contributed by atoms with Crippen LogP contribution in [0.3, 0.4) is 0 Å². The maximum absolute atomic E-state index is 14.0. The number of amides is 2. The molecule has 9 heteroatoms. The molecule has 0 fully saturated rings. The summed E-state index contributed by atoms with van der Waals surface area (Å²) in [6.07, 6.45) is 1.10. The lowest BCUT2D eigenvalue weighted by Gasteiger charge is -2.34. The van der Waals surface area contributed by atoms with E-state index in [2.05, 4.69) is 5.32 Å². The molecule has 0 aliphatic heterocycles. The Labute approximate surface area is 230 Å². The van der Waals surface area contributed by atoms with Gasteiger partial charge in [-0.05, 0) is 49.6 Å². The first-order chi connectivity index (χ1) is 18.2. The zero-order valence-electron chi connectivity index (χ0n) is 21.9. The van der Waals surface area contributed by atoms with E-state index in [1.807, 2.05) is 51.1 Å². The molecule has 0 saturated carbocycles. The van der Waals surface area contributed by atoms with Crippen LogP contribution in [-0.4, -0.2) is 43.8 Å². The van der Waals surface area contributed by atoms with Crippen LogP contribution in [-0.2, 0) is 26.2 Å². The summed E-state index contributed by atoms with van der Waals surface area (Å²) >= 11 is 6.42. The van der Waals surface area contributed by atoms with Crippen LogP contribution in [0.5, 0.6) is 0 Å². The van der Waals surface area contributed by atoms with E-state index in [-0.39, 0.29) is 34.1 Å². The second kappa shape index (κ2) is 13.4. The molecule has 2 amide bonds. The molecule has 2 atom stereocenters. The topological polar surface area (TPSA) is 86.8 Å². The van der Waals surface area contributed by atoms with Crippen molar-refractivity contribution >= 4 is 39.1 Å². The summed E-state index contributed by atoms with van der Waals surface area (Å²) in [4.78, 5) is 28.7. The predicted octanol–water partition coefficient (Wildman–Crippen LogP) is 5.26. The quantitative estimate of drug-likeness (QED) is 0.330. The van der Waals surface area contributed by atoms with E-state index in [0.29, 0.717) is 6.42 Å². The van der Waals surface area contributed by atoms with Gasteiger partial charge in [0, 0.05) is 12.6 Å². The summed E-state index contributed by atoms with van der Waals surface area (Å²) in [6, 6.07) is 22.8. The number of hydrogen-bond acceptors (Lipinski definition) is 4. The molecule has 0 heterocycles. The second-order valence-corrected chi connectivity index (χ2v) is 11.3. The first kappa shape index (κ1) is 29.2. The van der Waals surface area contributed by atoms with Crippen LogP contribution in [0.15, 0.2) is 89.8 Å². The van der Waals surface area contributed by atoms with E-state index < -0.39 is 28.5 Å². The molecular weight excluding hydrogens is 522 g/mol. The van der Waals surface area contributed by atoms with Gasteiger partial charge in [-0.25, -0.2) is 8.42 Å². The average molecular weight is 556 g/mol. The Morgan fingerprint density at radius 2 is 1.45 bits per heavy atom. The van der Waals surface area contributed by atoms with Crippen LogP contribution in [0.25, 0.3) is 0 Å². The fourth-order valence-corrected chi connectivity index (χ4v) is 5.77. The van der Waals surface area contributed by atoms with Crippen LogP contribution in [0.1, 0.15) is 39.2 Å². The van der Waals surface area contributed by atoms with E-state index in [1.54, 1.807) is 42.5 Å². The average Bonchev–Trinajstić information content (AvgIpc) is 2.92. The van der Waals surface area contributed by atoms with Crippen molar-refractivity contribution in [2.45, 2.75) is 57.1 Å². The minimum atomic E-state index is -4.15. The summed E-state index contributed by atoms with van der Waals surface area (Å²) in [7, 11) is -4.15. The highest BCUT2D eigenvalue weighted by Crippen LogP contribution is 2.30. The van der Waals surface area contributed by atoms with Crippen LogP contribution in [0.2, 0.25) is 5.02 Å². The molecule has 3 aromatic rings. The Balaban J connectivity index is 2.04. The summed E-state index contributed by atoms with van der Waals surface area (Å²) in [5.74, 6) is -0.791. The van der Waals surface area contributed by atoms with E-state index in [1.165, 1.54) is 17.0 Å². The molecule has 1 N–H and O–H groups in total. The summed E-state index contributed by atoms with van der Waals surface area (Å²) in [5, 5.41) is 3.16. The highest BCUT2D eigenvalue weighted by atomic mass is 35.5. The first-order valence-electron chi connectivity index (χ1n) is 12.6. The normalized spacial score (nSPS) is 12.8. The molecule has 0 spiro atoms. The van der Waals surface area contributed by atoms with Gasteiger partial charge in [-0.2, -0.15) is 0 Å². The van der Waals surface area contributed by atoms with Gasteiger partial charge in [-0.1, -0.05) is 86.1 Å². The molecule has 0 saturated heterocycles. The molecule has 0 aliphatic rings. The van der Waals surface area contributed by atoms with Crippen molar-refractivity contribution in [2.75, 3.05) is 10.8 Å². The number of nitrogens with one attached hydrogen (secondary N) is 1. The Hall–Kier alpha value is -3.36. The highest BCUT2D eigenvalue weighted by molar-refractivity contribution is 7.92. The van der Waals surface area contributed by atoms with Crippen molar-refractivity contribution in [1.82, 2.24) is 10.2 Å². The van der Waals surface area contributed by atoms with Gasteiger partial charge in [0.15, 0.2) is 0 Å². The van der Waals surface area contributed by atoms with E-state index in [0.717, 1.165) is 16.3 Å². The third-order valence-electron chi connectivity index (χ3n) is 6.31. The fourth-order valence-electron chi connectivity index (χ4n) is 4.03. The fraction of sp³-hybridized carbons (Fsp3) is 0.310. The maximum atomic E-state index is 14.0. The van der Waals surface area contributed by atoms with Gasteiger partial charge in [-0.3, -0.25) is 13.9 Å². The van der Waals surface area contributed by atoms with Crippen LogP contribution in [0, 0.1) is 0 Å². The summed E-state index contributed by atoms with van der Waals surface area (Å²) in [5.41, 5.74) is 1.01. The van der Waals surface area contributed by atoms with Gasteiger partial charge in [0.1, 0.15) is 12.6 Å². The minimum Gasteiger partial charge on any atom is -0.352 e.